The lowest BCUT2D eigenvalue weighted by molar-refractivity contribution is -0.125. The summed E-state index contributed by atoms with van der Waals surface area (Å²) in [6, 6.07) is 0. The first-order chi connectivity index (χ1) is 12.2. The molecular weight excluding hydrogens is 310 g/mol. The average Bonchev–Trinajstić information content (AvgIpc) is 2.92. The summed E-state index contributed by atoms with van der Waals surface area (Å²) >= 11 is 0. The smallest absolute Gasteiger partial charge is 0.230 e. The zero-order chi connectivity index (χ0) is 18.2. The van der Waals surface area contributed by atoms with Gasteiger partial charge in [-0.3, -0.25) is 14.9 Å². The molecule has 0 saturated carbocycles. The van der Waals surface area contributed by atoms with Crippen molar-refractivity contribution in [3.63, 3.8) is 0 Å². The van der Waals surface area contributed by atoms with Crippen LogP contribution >= 0.6 is 0 Å². The molecule has 0 aromatic heterocycles. The van der Waals surface area contributed by atoms with E-state index in [0.29, 0.717) is 6.42 Å². The zero-order valence-corrected chi connectivity index (χ0v) is 16.4. The highest BCUT2D eigenvalue weighted by atomic mass is 16.2. The fraction of sp³-hybridized carbons (Fsp3) is 0.818. The molecule has 0 aromatic carbocycles. The van der Waals surface area contributed by atoms with Crippen LogP contribution in [0.3, 0.4) is 0 Å². The highest BCUT2D eigenvalue weighted by Gasteiger charge is 2.29. The van der Waals surface area contributed by atoms with Crippen molar-refractivity contribution in [1.29, 1.82) is 0 Å². The van der Waals surface area contributed by atoms with Gasteiger partial charge in [-0.1, -0.05) is 83.3 Å². The predicted molar refractivity (Wildman–Crippen MR) is 105 cm³/mol. The van der Waals surface area contributed by atoms with Crippen molar-refractivity contribution in [3.05, 3.63) is 12.2 Å². The molecule has 3 heteroatoms. The third-order valence-electron chi connectivity index (χ3n) is 5.13. The Balaban J connectivity index is 1.78. The Labute approximate surface area is 155 Å². The standard InChI is InChI=1S/C22H39NO2/c1-2-3-4-5-6-7-8-9-10-11-12-13-14-15-16-17-18-20-19-21(24)23-22(20)25/h9-10,20H,2-8,11-19H2,1H3,(H,23,24,25). The van der Waals surface area contributed by atoms with Gasteiger partial charge in [0.25, 0.3) is 0 Å². The van der Waals surface area contributed by atoms with Crippen LogP contribution in [0.4, 0.5) is 0 Å². The molecule has 0 aliphatic carbocycles. The minimum absolute atomic E-state index is 0.0516. The number of nitrogens with one attached hydrogen (secondary N) is 1. The van der Waals surface area contributed by atoms with Crippen LogP contribution in [0.5, 0.6) is 0 Å². The molecule has 1 saturated heterocycles. The van der Waals surface area contributed by atoms with Crippen molar-refractivity contribution >= 4 is 11.8 Å². The minimum Gasteiger partial charge on any atom is -0.296 e. The maximum Gasteiger partial charge on any atom is 0.230 e. The van der Waals surface area contributed by atoms with Crippen LogP contribution in [0.1, 0.15) is 110 Å². The molecule has 0 spiro atoms. The largest absolute Gasteiger partial charge is 0.296 e. The first-order valence-corrected chi connectivity index (χ1v) is 10.7. The van der Waals surface area contributed by atoms with Gasteiger partial charge < -0.3 is 0 Å². The Bertz CT molecular complexity index is 389. The fourth-order valence-electron chi connectivity index (χ4n) is 3.48. The van der Waals surface area contributed by atoms with Crippen LogP contribution < -0.4 is 5.32 Å². The predicted octanol–water partition coefficient (Wildman–Crippen LogP) is 6.08. The molecule has 3 nitrogen and oxygen atoms in total. The summed E-state index contributed by atoms with van der Waals surface area (Å²) < 4.78 is 0. The Morgan fingerprint density at radius 1 is 0.800 bits per heavy atom. The number of rotatable bonds is 16. The van der Waals surface area contributed by atoms with Crippen LogP contribution in [0, 0.1) is 5.92 Å². The Kier molecular flexibility index (Phi) is 13.3. The normalized spacial score (nSPS) is 17.6. The number of hydrogen-bond acceptors (Lipinski definition) is 2. The average molecular weight is 350 g/mol. The molecule has 1 unspecified atom stereocenters. The maximum atomic E-state index is 11.4. The summed E-state index contributed by atoms with van der Waals surface area (Å²) in [5.41, 5.74) is 0. The Morgan fingerprint density at radius 3 is 1.84 bits per heavy atom. The molecule has 0 aromatic rings. The van der Waals surface area contributed by atoms with Gasteiger partial charge >= 0.3 is 0 Å². The molecule has 2 amide bonds. The van der Waals surface area contributed by atoms with E-state index in [-0.39, 0.29) is 17.7 Å². The minimum atomic E-state index is -0.0976. The maximum absolute atomic E-state index is 11.4. The number of allylic oxidation sites excluding steroid dienone is 2. The van der Waals surface area contributed by atoms with Gasteiger partial charge in [0.05, 0.1) is 0 Å². The van der Waals surface area contributed by atoms with Crippen LogP contribution in [0.25, 0.3) is 0 Å². The van der Waals surface area contributed by atoms with Crippen molar-refractivity contribution in [2.24, 2.45) is 5.92 Å². The van der Waals surface area contributed by atoms with Gasteiger partial charge in [-0.15, -0.1) is 0 Å². The topological polar surface area (TPSA) is 46.2 Å². The third kappa shape index (κ3) is 12.0. The van der Waals surface area contributed by atoms with Gasteiger partial charge in [-0.2, -0.15) is 0 Å². The molecular formula is C22H39NO2. The summed E-state index contributed by atoms with van der Waals surface area (Å²) in [5.74, 6) is -0.207. The van der Waals surface area contributed by atoms with Gasteiger partial charge in [-0.25, -0.2) is 0 Å². The lowest BCUT2D eigenvalue weighted by Crippen LogP contribution is -2.21. The number of hydrogen-bond donors (Lipinski definition) is 1. The first kappa shape index (κ1) is 21.9. The SMILES string of the molecule is CCCCCCCCC=CCCCCCCCCC1CC(=O)NC1=O. The summed E-state index contributed by atoms with van der Waals surface area (Å²) in [7, 11) is 0. The van der Waals surface area contributed by atoms with Crippen molar-refractivity contribution in [2.75, 3.05) is 0 Å². The lowest BCUT2D eigenvalue weighted by atomic mass is 9.99. The number of unbranched alkanes of at least 4 members (excludes halogenated alkanes) is 12. The summed E-state index contributed by atoms with van der Waals surface area (Å²) in [5, 5.41) is 2.39. The number of carbonyl (C=O) groups excluding carboxylic acids is 2. The molecule has 1 N–H and O–H groups in total. The van der Waals surface area contributed by atoms with Crippen LogP contribution in [-0.4, -0.2) is 11.8 Å². The Hall–Kier alpha value is -1.12. The second-order valence-corrected chi connectivity index (χ2v) is 7.54. The fourth-order valence-corrected chi connectivity index (χ4v) is 3.48. The van der Waals surface area contributed by atoms with Gasteiger partial charge in [-0.05, 0) is 32.1 Å². The lowest BCUT2D eigenvalue weighted by Gasteiger charge is -2.05. The molecule has 0 radical (unpaired) electrons. The molecule has 1 fully saturated rings. The van der Waals surface area contributed by atoms with Crippen molar-refractivity contribution in [3.8, 4) is 0 Å². The van der Waals surface area contributed by atoms with Gasteiger partial charge in [0.15, 0.2) is 0 Å². The van der Waals surface area contributed by atoms with E-state index < -0.39 is 0 Å². The highest BCUT2D eigenvalue weighted by molar-refractivity contribution is 6.03. The third-order valence-corrected chi connectivity index (χ3v) is 5.13. The van der Waals surface area contributed by atoms with E-state index in [1.54, 1.807) is 0 Å². The van der Waals surface area contributed by atoms with Crippen LogP contribution in [0.2, 0.25) is 0 Å². The van der Waals surface area contributed by atoms with Gasteiger partial charge in [0, 0.05) is 12.3 Å². The molecule has 0 bridgehead atoms. The van der Waals surface area contributed by atoms with Crippen LogP contribution in [-0.2, 0) is 9.59 Å². The van der Waals surface area contributed by atoms with Gasteiger partial charge in [0.2, 0.25) is 11.8 Å². The molecule has 1 aliphatic rings. The number of amides is 2. The van der Waals surface area contributed by atoms with E-state index in [1.165, 1.54) is 83.5 Å². The van der Waals surface area contributed by atoms with Crippen molar-refractivity contribution in [1.82, 2.24) is 5.32 Å². The second-order valence-electron chi connectivity index (χ2n) is 7.54. The summed E-state index contributed by atoms with van der Waals surface area (Å²) in [6.45, 7) is 2.27. The second kappa shape index (κ2) is 15.2. The molecule has 1 rings (SSSR count). The monoisotopic (exact) mass is 349 g/mol. The van der Waals surface area contributed by atoms with E-state index in [0.717, 1.165) is 12.8 Å². The number of imide groups is 1. The molecule has 144 valence electrons. The molecule has 1 heterocycles. The number of carbonyl (C=O) groups is 2. The Morgan fingerprint density at radius 2 is 1.32 bits per heavy atom. The summed E-state index contributed by atoms with van der Waals surface area (Å²) in [6.07, 6.45) is 24.2. The molecule has 1 aliphatic heterocycles. The van der Waals surface area contributed by atoms with E-state index in [9.17, 15) is 9.59 Å². The van der Waals surface area contributed by atoms with E-state index >= 15 is 0 Å². The zero-order valence-electron chi connectivity index (χ0n) is 16.4. The molecule has 25 heavy (non-hydrogen) atoms. The molecule has 1 atom stereocenters. The van der Waals surface area contributed by atoms with Crippen molar-refractivity contribution < 1.29 is 9.59 Å². The highest BCUT2D eigenvalue weighted by Crippen LogP contribution is 2.19. The summed E-state index contributed by atoms with van der Waals surface area (Å²) in [4.78, 5) is 22.5. The van der Waals surface area contributed by atoms with E-state index in [1.807, 2.05) is 0 Å². The first-order valence-electron chi connectivity index (χ1n) is 10.7. The van der Waals surface area contributed by atoms with E-state index in [2.05, 4.69) is 24.4 Å². The quantitative estimate of drug-likeness (QED) is 0.209. The van der Waals surface area contributed by atoms with Gasteiger partial charge in [0.1, 0.15) is 0 Å². The van der Waals surface area contributed by atoms with E-state index in [4.69, 9.17) is 0 Å². The van der Waals surface area contributed by atoms with Crippen molar-refractivity contribution in [2.45, 2.75) is 110 Å². The van der Waals surface area contributed by atoms with Crippen LogP contribution in [0.15, 0.2) is 12.2 Å².